The number of carbonyl (C=O) groups is 1. The molecule has 1 N–H and O–H groups in total. The minimum Gasteiger partial charge on any atom is -0.482 e. The molecular weight excluding hydrogens is 451 g/mol. The molecule has 1 amide bonds. The smallest absolute Gasteiger partial charge is 0.260 e. The number of ether oxygens (including phenoxy) is 1. The summed E-state index contributed by atoms with van der Waals surface area (Å²) in [6.45, 7) is 4.24. The Kier molecular flexibility index (Phi) is 6.92. The van der Waals surface area contributed by atoms with Crippen LogP contribution in [0.4, 0.5) is 17.5 Å². The van der Waals surface area contributed by atoms with Crippen LogP contribution in [0, 0.1) is 6.92 Å². The Hall–Kier alpha value is -3.10. The maximum Gasteiger partial charge on any atom is 0.260 e. The molecule has 1 fully saturated rings. The number of anilines is 3. The van der Waals surface area contributed by atoms with Gasteiger partial charge in [0.05, 0.1) is 5.02 Å². The molecular formula is C22H22Cl2N6O2. The van der Waals surface area contributed by atoms with Gasteiger partial charge in [-0.1, -0.05) is 29.3 Å². The zero-order valence-corrected chi connectivity index (χ0v) is 19.0. The van der Waals surface area contributed by atoms with Gasteiger partial charge < -0.3 is 19.9 Å². The van der Waals surface area contributed by atoms with Gasteiger partial charge in [-0.25, -0.2) is 15.0 Å². The van der Waals surface area contributed by atoms with E-state index in [0.29, 0.717) is 59.4 Å². The standard InChI is InChI=1S/C22H22Cl2N6O2/c1-15-26-20(28-19-4-2-3-7-25-19)13-21(27-15)29-8-10-30(11-9-29)22(31)14-32-18-6-5-16(23)12-17(18)24/h2-7,12-13H,8-11,14H2,1H3,(H,25,26,27,28). The van der Waals surface area contributed by atoms with Crippen molar-refractivity contribution in [2.75, 3.05) is 43.0 Å². The predicted molar refractivity (Wildman–Crippen MR) is 125 cm³/mol. The van der Waals surface area contributed by atoms with Crippen LogP contribution in [-0.2, 0) is 4.79 Å². The highest BCUT2D eigenvalue weighted by molar-refractivity contribution is 6.35. The van der Waals surface area contributed by atoms with Crippen molar-refractivity contribution in [1.29, 1.82) is 0 Å². The summed E-state index contributed by atoms with van der Waals surface area (Å²) < 4.78 is 5.58. The van der Waals surface area contributed by atoms with Gasteiger partial charge in [-0.3, -0.25) is 4.79 Å². The Labute approximate surface area is 196 Å². The van der Waals surface area contributed by atoms with Gasteiger partial charge in [-0.05, 0) is 37.3 Å². The number of hydrogen-bond donors (Lipinski definition) is 1. The van der Waals surface area contributed by atoms with Gasteiger partial charge in [-0.2, -0.15) is 0 Å². The molecule has 1 aromatic carbocycles. The number of rotatable bonds is 6. The molecule has 1 aliphatic heterocycles. The van der Waals surface area contributed by atoms with E-state index in [1.807, 2.05) is 31.2 Å². The van der Waals surface area contributed by atoms with Gasteiger partial charge in [-0.15, -0.1) is 0 Å². The highest BCUT2D eigenvalue weighted by atomic mass is 35.5. The molecule has 32 heavy (non-hydrogen) atoms. The number of halogens is 2. The lowest BCUT2D eigenvalue weighted by Gasteiger charge is -2.35. The fourth-order valence-corrected chi connectivity index (χ4v) is 3.82. The van der Waals surface area contributed by atoms with Gasteiger partial charge in [0.25, 0.3) is 5.91 Å². The first-order chi connectivity index (χ1) is 15.5. The van der Waals surface area contributed by atoms with E-state index in [9.17, 15) is 4.79 Å². The van der Waals surface area contributed by atoms with Crippen molar-refractivity contribution in [2.24, 2.45) is 0 Å². The zero-order chi connectivity index (χ0) is 22.5. The molecule has 1 aliphatic rings. The van der Waals surface area contributed by atoms with E-state index >= 15 is 0 Å². The third kappa shape index (κ3) is 5.57. The monoisotopic (exact) mass is 472 g/mol. The maximum absolute atomic E-state index is 12.6. The average molecular weight is 473 g/mol. The fourth-order valence-electron chi connectivity index (χ4n) is 3.35. The molecule has 4 rings (SSSR count). The Morgan fingerprint density at radius 3 is 2.59 bits per heavy atom. The summed E-state index contributed by atoms with van der Waals surface area (Å²) in [5.74, 6) is 3.21. The number of piperazine rings is 1. The van der Waals surface area contributed by atoms with Crippen LogP contribution in [0.1, 0.15) is 5.82 Å². The Morgan fingerprint density at radius 2 is 1.88 bits per heavy atom. The number of nitrogens with one attached hydrogen (secondary N) is 1. The Morgan fingerprint density at radius 1 is 1.06 bits per heavy atom. The molecule has 3 heterocycles. The number of nitrogens with zero attached hydrogens (tertiary/aromatic N) is 5. The first kappa shape index (κ1) is 22.1. The molecule has 1 saturated heterocycles. The molecule has 0 atom stereocenters. The van der Waals surface area contributed by atoms with Gasteiger partial charge in [0.2, 0.25) is 0 Å². The molecule has 0 radical (unpaired) electrons. The molecule has 0 spiro atoms. The van der Waals surface area contributed by atoms with E-state index in [0.717, 1.165) is 5.82 Å². The van der Waals surface area contributed by atoms with Crippen molar-refractivity contribution < 1.29 is 9.53 Å². The molecule has 2 aromatic heterocycles. The van der Waals surface area contributed by atoms with Crippen molar-refractivity contribution in [3.63, 3.8) is 0 Å². The second kappa shape index (κ2) is 10.0. The molecule has 10 heteroatoms. The van der Waals surface area contributed by atoms with Crippen LogP contribution in [0.2, 0.25) is 10.0 Å². The van der Waals surface area contributed by atoms with Crippen LogP contribution in [-0.4, -0.2) is 58.5 Å². The number of aryl methyl sites for hydroxylation is 1. The van der Waals surface area contributed by atoms with Crippen LogP contribution in [0.5, 0.6) is 5.75 Å². The second-order valence-electron chi connectivity index (χ2n) is 7.23. The number of pyridine rings is 1. The third-order valence-electron chi connectivity index (χ3n) is 4.95. The van der Waals surface area contributed by atoms with Gasteiger partial charge in [0, 0.05) is 43.5 Å². The summed E-state index contributed by atoms with van der Waals surface area (Å²) in [5.41, 5.74) is 0. The lowest BCUT2D eigenvalue weighted by atomic mass is 10.3. The van der Waals surface area contributed by atoms with Crippen molar-refractivity contribution >= 4 is 46.6 Å². The van der Waals surface area contributed by atoms with E-state index in [1.54, 1.807) is 29.3 Å². The van der Waals surface area contributed by atoms with Crippen molar-refractivity contribution in [3.05, 3.63) is 64.5 Å². The number of benzene rings is 1. The first-order valence-corrected chi connectivity index (χ1v) is 10.9. The van der Waals surface area contributed by atoms with Crippen molar-refractivity contribution in [1.82, 2.24) is 19.9 Å². The van der Waals surface area contributed by atoms with Crippen LogP contribution >= 0.6 is 23.2 Å². The molecule has 0 bridgehead atoms. The van der Waals surface area contributed by atoms with E-state index in [-0.39, 0.29) is 12.5 Å². The molecule has 0 aliphatic carbocycles. The maximum atomic E-state index is 12.6. The fraction of sp³-hybridized carbons (Fsp3) is 0.273. The quantitative estimate of drug-likeness (QED) is 0.580. The molecule has 0 saturated carbocycles. The van der Waals surface area contributed by atoms with Crippen LogP contribution in [0.15, 0.2) is 48.7 Å². The van der Waals surface area contributed by atoms with Gasteiger partial charge >= 0.3 is 0 Å². The largest absolute Gasteiger partial charge is 0.482 e. The van der Waals surface area contributed by atoms with E-state index in [2.05, 4.69) is 25.2 Å². The third-order valence-corrected chi connectivity index (χ3v) is 5.48. The summed E-state index contributed by atoms with van der Waals surface area (Å²) >= 11 is 12.0. The number of carbonyl (C=O) groups excluding carboxylic acids is 1. The topological polar surface area (TPSA) is 83.5 Å². The minimum absolute atomic E-state index is 0.0773. The molecule has 8 nitrogen and oxygen atoms in total. The Balaban J connectivity index is 1.33. The van der Waals surface area contributed by atoms with Crippen molar-refractivity contribution in [3.8, 4) is 5.75 Å². The van der Waals surface area contributed by atoms with E-state index in [1.165, 1.54) is 0 Å². The summed E-state index contributed by atoms with van der Waals surface area (Å²) in [5, 5.41) is 4.10. The number of amides is 1. The highest BCUT2D eigenvalue weighted by Crippen LogP contribution is 2.27. The van der Waals surface area contributed by atoms with Crippen LogP contribution < -0.4 is 15.0 Å². The molecule has 3 aromatic rings. The van der Waals surface area contributed by atoms with Crippen LogP contribution in [0.3, 0.4) is 0 Å². The first-order valence-electron chi connectivity index (χ1n) is 10.1. The van der Waals surface area contributed by atoms with Crippen molar-refractivity contribution in [2.45, 2.75) is 6.92 Å². The lowest BCUT2D eigenvalue weighted by molar-refractivity contribution is -0.133. The summed E-state index contributed by atoms with van der Waals surface area (Å²) in [6.07, 6.45) is 1.72. The normalized spacial score (nSPS) is 13.7. The van der Waals surface area contributed by atoms with E-state index in [4.69, 9.17) is 27.9 Å². The van der Waals surface area contributed by atoms with Gasteiger partial charge in [0.1, 0.15) is 29.0 Å². The molecule has 0 unspecified atom stereocenters. The van der Waals surface area contributed by atoms with Crippen LogP contribution in [0.25, 0.3) is 0 Å². The van der Waals surface area contributed by atoms with E-state index < -0.39 is 0 Å². The number of hydrogen-bond acceptors (Lipinski definition) is 7. The summed E-state index contributed by atoms with van der Waals surface area (Å²) in [4.78, 5) is 29.8. The van der Waals surface area contributed by atoms with Gasteiger partial charge in [0.15, 0.2) is 6.61 Å². The minimum atomic E-state index is -0.0907. The molecule has 166 valence electrons. The summed E-state index contributed by atoms with van der Waals surface area (Å²) in [6, 6.07) is 12.5. The highest BCUT2D eigenvalue weighted by Gasteiger charge is 2.23. The average Bonchev–Trinajstić information content (AvgIpc) is 2.79. The predicted octanol–water partition coefficient (Wildman–Crippen LogP) is 3.96. The SMILES string of the molecule is Cc1nc(Nc2ccccn2)cc(N2CCN(C(=O)COc3ccc(Cl)cc3Cl)CC2)n1. The lowest BCUT2D eigenvalue weighted by Crippen LogP contribution is -2.50. The zero-order valence-electron chi connectivity index (χ0n) is 17.5. The second-order valence-corrected chi connectivity index (χ2v) is 8.07. The Bertz CT molecular complexity index is 1090. The number of aromatic nitrogens is 3. The summed E-state index contributed by atoms with van der Waals surface area (Å²) in [7, 11) is 0.